The van der Waals surface area contributed by atoms with Crippen LogP contribution in [0.4, 0.5) is 0 Å². The van der Waals surface area contributed by atoms with Crippen LogP contribution in [0.2, 0.25) is 0 Å². The number of allylic oxidation sites excluding steroid dienone is 2. The Morgan fingerprint density at radius 2 is 2.19 bits per heavy atom. The second kappa shape index (κ2) is 5.53. The lowest BCUT2D eigenvalue weighted by atomic mass is 9.94. The molecule has 1 nitrogen and oxygen atoms in total. The fourth-order valence-electron chi connectivity index (χ4n) is 2.07. The minimum atomic E-state index is 0.709. The highest BCUT2D eigenvalue weighted by Gasteiger charge is 2.08. The van der Waals surface area contributed by atoms with E-state index in [1.165, 1.54) is 36.8 Å². The largest absolute Gasteiger partial charge is 0.493 e. The van der Waals surface area contributed by atoms with Crippen LogP contribution in [0.5, 0.6) is 5.75 Å². The minimum absolute atomic E-state index is 0.709. The van der Waals surface area contributed by atoms with Crippen molar-refractivity contribution in [2.45, 2.75) is 32.6 Å². The van der Waals surface area contributed by atoms with Gasteiger partial charge in [0.25, 0.3) is 0 Å². The highest BCUT2D eigenvalue weighted by atomic mass is 79.9. The van der Waals surface area contributed by atoms with Crippen molar-refractivity contribution in [3.63, 3.8) is 0 Å². The Hall–Kier alpha value is -0.760. The van der Waals surface area contributed by atoms with Crippen molar-refractivity contribution in [2.24, 2.45) is 0 Å². The summed E-state index contributed by atoms with van der Waals surface area (Å²) in [5.74, 6) is 0.950. The highest BCUT2D eigenvalue weighted by molar-refractivity contribution is 9.10. The number of halogens is 1. The topological polar surface area (TPSA) is 9.23 Å². The summed E-state index contributed by atoms with van der Waals surface area (Å²) in [5, 5.41) is 0. The summed E-state index contributed by atoms with van der Waals surface area (Å²) in [6.07, 6.45) is 7.43. The predicted molar refractivity (Wildman–Crippen MR) is 71.8 cm³/mol. The van der Waals surface area contributed by atoms with Gasteiger partial charge in [0, 0.05) is 0 Å². The molecular formula is C14H17BrO. The normalized spacial score (nSPS) is 15.8. The Bertz CT molecular complexity index is 396. The number of rotatable bonds is 3. The van der Waals surface area contributed by atoms with E-state index in [1.54, 1.807) is 0 Å². The Labute approximate surface area is 106 Å². The van der Waals surface area contributed by atoms with Gasteiger partial charge >= 0.3 is 0 Å². The van der Waals surface area contributed by atoms with E-state index in [9.17, 15) is 0 Å². The molecule has 0 radical (unpaired) electrons. The molecule has 0 heterocycles. The first-order valence-electron chi connectivity index (χ1n) is 5.93. The van der Waals surface area contributed by atoms with Crippen molar-refractivity contribution in [1.82, 2.24) is 0 Å². The average molecular weight is 281 g/mol. The fraction of sp³-hybridized carbons (Fsp3) is 0.429. The standard InChI is InChI=1S/C14H17BrO/c1-2-16-14-10-12(8-9-13(14)15)11-6-4-3-5-7-11/h6,8-10H,2-5,7H2,1H3. The smallest absolute Gasteiger partial charge is 0.134 e. The Morgan fingerprint density at radius 3 is 2.88 bits per heavy atom. The molecule has 0 unspecified atom stereocenters. The summed E-state index contributed by atoms with van der Waals surface area (Å²) < 4.78 is 6.63. The van der Waals surface area contributed by atoms with Gasteiger partial charge in [0.05, 0.1) is 11.1 Å². The lowest BCUT2D eigenvalue weighted by Crippen LogP contribution is -1.96. The van der Waals surface area contributed by atoms with Crippen molar-refractivity contribution < 1.29 is 4.74 Å². The molecular weight excluding hydrogens is 264 g/mol. The number of benzene rings is 1. The zero-order valence-electron chi connectivity index (χ0n) is 9.63. The van der Waals surface area contributed by atoms with Gasteiger partial charge in [0.2, 0.25) is 0 Å². The van der Waals surface area contributed by atoms with E-state index in [4.69, 9.17) is 4.74 Å². The number of hydrogen-bond donors (Lipinski definition) is 0. The van der Waals surface area contributed by atoms with Crippen LogP contribution < -0.4 is 4.74 Å². The summed E-state index contributed by atoms with van der Waals surface area (Å²) in [6.45, 7) is 2.72. The Balaban J connectivity index is 2.27. The molecule has 16 heavy (non-hydrogen) atoms. The van der Waals surface area contributed by atoms with Gasteiger partial charge in [-0.3, -0.25) is 0 Å². The van der Waals surface area contributed by atoms with Gasteiger partial charge in [0.1, 0.15) is 5.75 Å². The second-order valence-corrected chi connectivity index (χ2v) is 4.91. The molecule has 0 aliphatic heterocycles. The molecule has 1 aromatic carbocycles. The van der Waals surface area contributed by atoms with Crippen LogP contribution in [0.3, 0.4) is 0 Å². The molecule has 86 valence electrons. The molecule has 0 fully saturated rings. The molecule has 1 aromatic rings. The monoisotopic (exact) mass is 280 g/mol. The van der Waals surface area contributed by atoms with Gasteiger partial charge in [-0.2, -0.15) is 0 Å². The SMILES string of the molecule is CCOc1cc(C2=CCCCC2)ccc1Br. The molecule has 1 aliphatic carbocycles. The van der Waals surface area contributed by atoms with Crippen molar-refractivity contribution in [1.29, 1.82) is 0 Å². The first kappa shape index (κ1) is 11.7. The van der Waals surface area contributed by atoms with Crippen LogP contribution in [0.25, 0.3) is 5.57 Å². The average Bonchev–Trinajstić information content (AvgIpc) is 2.33. The molecule has 1 aliphatic rings. The van der Waals surface area contributed by atoms with E-state index in [2.05, 4.69) is 40.2 Å². The number of hydrogen-bond acceptors (Lipinski definition) is 1. The zero-order valence-corrected chi connectivity index (χ0v) is 11.2. The Morgan fingerprint density at radius 1 is 1.31 bits per heavy atom. The van der Waals surface area contributed by atoms with Crippen molar-refractivity contribution in [3.8, 4) is 5.75 Å². The van der Waals surface area contributed by atoms with E-state index >= 15 is 0 Å². The number of ether oxygens (including phenoxy) is 1. The molecule has 0 amide bonds. The maximum atomic E-state index is 5.59. The van der Waals surface area contributed by atoms with Crippen molar-refractivity contribution >= 4 is 21.5 Å². The van der Waals surface area contributed by atoms with Gasteiger partial charge in [-0.1, -0.05) is 12.1 Å². The zero-order chi connectivity index (χ0) is 11.4. The fourth-order valence-corrected chi connectivity index (χ4v) is 2.43. The molecule has 0 spiro atoms. The molecule has 0 aromatic heterocycles. The summed E-state index contributed by atoms with van der Waals surface area (Å²) >= 11 is 3.51. The van der Waals surface area contributed by atoms with Gasteiger partial charge in [-0.15, -0.1) is 0 Å². The molecule has 0 N–H and O–H groups in total. The third-order valence-electron chi connectivity index (χ3n) is 2.89. The molecule has 0 saturated heterocycles. The summed E-state index contributed by atoms with van der Waals surface area (Å²) in [7, 11) is 0. The van der Waals surface area contributed by atoms with Gasteiger partial charge < -0.3 is 4.74 Å². The van der Waals surface area contributed by atoms with Crippen molar-refractivity contribution in [3.05, 3.63) is 34.3 Å². The lowest BCUT2D eigenvalue weighted by molar-refractivity contribution is 0.338. The molecule has 2 heteroatoms. The summed E-state index contributed by atoms with van der Waals surface area (Å²) in [4.78, 5) is 0. The lowest BCUT2D eigenvalue weighted by Gasteiger charge is -2.14. The molecule has 0 saturated carbocycles. The highest BCUT2D eigenvalue weighted by Crippen LogP contribution is 2.32. The van der Waals surface area contributed by atoms with Gasteiger partial charge in [-0.05, 0) is 71.8 Å². The van der Waals surface area contributed by atoms with Gasteiger partial charge in [0.15, 0.2) is 0 Å². The maximum Gasteiger partial charge on any atom is 0.134 e. The Kier molecular flexibility index (Phi) is 4.05. The van der Waals surface area contributed by atoms with E-state index in [-0.39, 0.29) is 0 Å². The minimum Gasteiger partial charge on any atom is -0.493 e. The first-order valence-corrected chi connectivity index (χ1v) is 6.72. The van der Waals surface area contributed by atoms with Crippen LogP contribution in [-0.2, 0) is 0 Å². The van der Waals surface area contributed by atoms with Crippen LogP contribution in [0.1, 0.15) is 38.2 Å². The molecule has 2 rings (SSSR count). The van der Waals surface area contributed by atoms with Gasteiger partial charge in [-0.25, -0.2) is 0 Å². The molecule has 0 bridgehead atoms. The quantitative estimate of drug-likeness (QED) is 0.772. The third-order valence-corrected chi connectivity index (χ3v) is 3.55. The second-order valence-electron chi connectivity index (χ2n) is 4.05. The van der Waals surface area contributed by atoms with E-state index in [0.29, 0.717) is 6.61 Å². The van der Waals surface area contributed by atoms with Crippen LogP contribution >= 0.6 is 15.9 Å². The predicted octanol–water partition coefficient (Wildman–Crippen LogP) is 4.81. The first-order chi connectivity index (χ1) is 7.81. The maximum absolute atomic E-state index is 5.59. The van der Waals surface area contributed by atoms with E-state index < -0.39 is 0 Å². The van der Waals surface area contributed by atoms with E-state index in [1.807, 2.05) is 6.92 Å². The third kappa shape index (κ3) is 2.67. The van der Waals surface area contributed by atoms with Crippen molar-refractivity contribution in [2.75, 3.05) is 6.61 Å². The van der Waals surface area contributed by atoms with Crippen LogP contribution in [0, 0.1) is 0 Å². The summed E-state index contributed by atoms with van der Waals surface area (Å²) in [6, 6.07) is 6.39. The summed E-state index contributed by atoms with van der Waals surface area (Å²) in [5.41, 5.74) is 2.78. The van der Waals surface area contributed by atoms with Crippen LogP contribution in [-0.4, -0.2) is 6.61 Å². The van der Waals surface area contributed by atoms with Crippen LogP contribution in [0.15, 0.2) is 28.7 Å². The van der Waals surface area contributed by atoms with E-state index in [0.717, 1.165) is 10.2 Å². The molecule has 0 atom stereocenters.